The van der Waals surface area contributed by atoms with Crippen molar-refractivity contribution in [1.29, 1.82) is 0 Å². The molecule has 0 fully saturated rings. The molecule has 0 saturated heterocycles. The van der Waals surface area contributed by atoms with Crippen LogP contribution < -0.4 is 5.32 Å². The lowest BCUT2D eigenvalue weighted by Gasteiger charge is -2.18. The number of aryl methyl sites for hydroxylation is 1. The Hall–Kier alpha value is -1.55. The summed E-state index contributed by atoms with van der Waals surface area (Å²) in [5, 5.41) is 3.45. The maximum absolute atomic E-state index is 5.35. The second kappa shape index (κ2) is 4.53. The molecule has 2 aromatic heterocycles. The normalized spacial score (nSPS) is 14.9. The summed E-state index contributed by atoms with van der Waals surface area (Å²) in [7, 11) is 2.00. The van der Waals surface area contributed by atoms with Gasteiger partial charge in [0.1, 0.15) is 11.6 Å². The molecule has 2 rings (SSSR count). The van der Waals surface area contributed by atoms with Crippen LogP contribution in [0.4, 0.5) is 0 Å². The van der Waals surface area contributed by atoms with Crippen molar-refractivity contribution in [1.82, 2.24) is 14.9 Å². The second-order valence-electron chi connectivity index (χ2n) is 4.02. The molecule has 86 valence electrons. The Morgan fingerprint density at radius 3 is 2.75 bits per heavy atom. The number of rotatable bonds is 4. The first-order valence-corrected chi connectivity index (χ1v) is 5.45. The predicted molar refractivity (Wildman–Crippen MR) is 61.9 cm³/mol. The van der Waals surface area contributed by atoms with Crippen molar-refractivity contribution in [3.05, 3.63) is 42.4 Å². The number of furan rings is 1. The first-order chi connectivity index (χ1) is 7.68. The molecule has 0 aliphatic heterocycles. The lowest BCUT2D eigenvalue weighted by molar-refractivity contribution is 0.393. The second-order valence-corrected chi connectivity index (χ2v) is 4.02. The minimum absolute atomic E-state index is 0.182. The molecule has 4 heteroatoms. The van der Waals surface area contributed by atoms with E-state index in [1.165, 1.54) is 0 Å². The molecule has 2 heterocycles. The molecule has 4 nitrogen and oxygen atoms in total. The summed E-state index contributed by atoms with van der Waals surface area (Å²) >= 11 is 0. The zero-order chi connectivity index (χ0) is 11.5. The average Bonchev–Trinajstić information content (AvgIpc) is 2.86. The highest BCUT2D eigenvalue weighted by Gasteiger charge is 2.15. The lowest BCUT2D eigenvalue weighted by atomic mass is 10.2. The Morgan fingerprint density at radius 2 is 2.19 bits per heavy atom. The predicted octanol–water partition coefficient (Wildman–Crippen LogP) is 2.42. The molecule has 2 aromatic rings. The van der Waals surface area contributed by atoms with E-state index in [1.54, 1.807) is 6.26 Å². The molecule has 1 N–H and O–H groups in total. The molecule has 0 aromatic carbocycles. The van der Waals surface area contributed by atoms with Gasteiger partial charge < -0.3 is 8.98 Å². The van der Waals surface area contributed by atoms with Gasteiger partial charge in [0.25, 0.3) is 0 Å². The molecule has 0 bridgehead atoms. The Labute approximate surface area is 95.3 Å². The van der Waals surface area contributed by atoms with Crippen LogP contribution in [0.2, 0.25) is 0 Å². The maximum Gasteiger partial charge on any atom is 0.125 e. The zero-order valence-corrected chi connectivity index (χ0v) is 9.84. The van der Waals surface area contributed by atoms with Crippen LogP contribution in [0.15, 0.2) is 35.2 Å². The van der Waals surface area contributed by atoms with Crippen LogP contribution in [0.3, 0.4) is 0 Å². The monoisotopic (exact) mass is 219 g/mol. The topological polar surface area (TPSA) is 43.0 Å². The Bertz CT molecular complexity index is 433. The Kier molecular flexibility index (Phi) is 3.10. The molecule has 2 atom stereocenters. The van der Waals surface area contributed by atoms with Crippen molar-refractivity contribution >= 4 is 0 Å². The first-order valence-electron chi connectivity index (χ1n) is 5.45. The molecule has 0 aliphatic carbocycles. The zero-order valence-electron chi connectivity index (χ0n) is 9.84. The molecule has 0 spiro atoms. The summed E-state index contributed by atoms with van der Waals surface area (Å²) in [4.78, 5) is 4.32. The third-order valence-electron chi connectivity index (χ3n) is 2.72. The van der Waals surface area contributed by atoms with E-state index in [1.807, 2.05) is 36.1 Å². The van der Waals surface area contributed by atoms with Crippen molar-refractivity contribution in [2.45, 2.75) is 25.9 Å². The van der Waals surface area contributed by atoms with Crippen LogP contribution in [-0.2, 0) is 7.05 Å². The van der Waals surface area contributed by atoms with Gasteiger partial charge in [0, 0.05) is 19.4 Å². The smallest absolute Gasteiger partial charge is 0.125 e. The van der Waals surface area contributed by atoms with Gasteiger partial charge in [-0.2, -0.15) is 0 Å². The number of nitrogens with one attached hydrogen (secondary N) is 1. The van der Waals surface area contributed by atoms with Gasteiger partial charge in [-0.05, 0) is 26.0 Å². The fraction of sp³-hybridized carbons (Fsp3) is 0.417. The summed E-state index contributed by atoms with van der Waals surface area (Å²) in [6.07, 6.45) is 5.45. The lowest BCUT2D eigenvalue weighted by Crippen LogP contribution is -2.24. The highest BCUT2D eigenvalue weighted by atomic mass is 16.3. The molecule has 0 amide bonds. The number of aromatic nitrogens is 2. The van der Waals surface area contributed by atoms with E-state index >= 15 is 0 Å². The molecule has 1 unspecified atom stereocenters. The van der Waals surface area contributed by atoms with Crippen LogP contribution in [0.5, 0.6) is 0 Å². The van der Waals surface area contributed by atoms with E-state index < -0.39 is 0 Å². The van der Waals surface area contributed by atoms with Gasteiger partial charge in [0.2, 0.25) is 0 Å². The van der Waals surface area contributed by atoms with Gasteiger partial charge in [-0.25, -0.2) is 4.98 Å². The van der Waals surface area contributed by atoms with E-state index in [0.717, 1.165) is 11.6 Å². The first kappa shape index (κ1) is 11.0. The van der Waals surface area contributed by atoms with E-state index in [0.29, 0.717) is 0 Å². The van der Waals surface area contributed by atoms with Gasteiger partial charge in [-0.1, -0.05) is 0 Å². The van der Waals surface area contributed by atoms with Crippen LogP contribution in [0, 0.1) is 0 Å². The molecular weight excluding hydrogens is 202 g/mol. The summed E-state index contributed by atoms with van der Waals surface area (Å²) < 4.78 is 7.37. The SMILES string of the molecule is CC(N[C@H](C)c1ccco1)c1nccn1C. The molecule has 16 heavy (non-hydrogen) atoms. The number of imidazole rings is 1. The maximum atomic E-state index is 5.35. The van der Waals surface area contributed by atoms with Crippen LogP contribution in [0.1, 0.15) is 37.5 Å². The number of hydrogen-bond acceptors (Lipinski definition) is 3. The molecular formula is C12H17N3O. The molecule has 0 aliphatic rings. The average molecular weight is 219 g/mol. The highest BCUT2D eigenvalue weighted by Crippen LogP contribution is 2.18. The van der Waals surface area contributed by atoms with Crippen molar-refractivity contribution in [3.63, 3.8) is 0 Å². The minimum Gasteiger partial charge on any atom is -0.468 e. The van der Waals surface area contributed by atoms with Gasteiger partial charge in [0.05, 0.1) is 18.3 Å². The standard InChI is InChI=1S/C12H17N3O/c1-9(11-5-4-8-16-11)14-10(2)12-13-6-7-15(12)3/h4-10,14H,1-3H3/t9-,10?/m1/s1. The molecule has 0 saturated carbocycles. The van der Waals surface area contributed by atoms with E-state index in [4.69, 9.17) is 4.42 Å². The minimum atomic E-state index is 0.182. The number of hydrogen-bond donors (Lipinski definition) is 1. The third kappa shape index (κ3) is 2.17. The van der Waals surface area contributed by atoms with E-state index in [-0.39, 0.29) is 12.1 Å². The van der Waals surface area contributed by atoms with E-state index in [9.17, 15) is 0 Å². The van der Waals surface area contributed by atoms with Crippen LogP contribution in [-0.4, -0.2) is 9.55 Å². The van der Waals surface area contributed by atoms with Crippen molar-refractivity contribution in [2.75, 3.05) is 0 Å². The summed E-state index contributed by atoms with van der Waals surface area (Å²) in [6, 6.07) is 4.25. The fourth-order valence-electron chi connectivity index (χ4n) is 1.86. The van der Waals surface area contributed by atoms with Crippen LogP contribution >= 0.6 is 0 Å². The van der Waals surface area contributed by atoms with Gasteiger partial charge in [-0.15, -0.1) is 0 Å². The summed E-state index contributed by atoms with van der Waals surface area (Å²) in [6.45, 7) is 4.18. The fourth-order valence-corrected chi connectivity index (χ4v) is 1.86. The van der Waals surface area contributed by atoms with Crippen molar-refractivity contribution in [3.8, 4) is 0 Å². The number of nitrogens with zero attached hydrogens (tertiary/aromatic N) is 2. The highest BCUT2D eigenvalue weighted by molar-refractivity contribution is 5.05. The Morgan fingerprint density at radius 1 is 1.38 bits per heavy atom. The van der Waals surface area contributed by atoms with Crippen LogP contribution in [0.25, 0.3) is 0 Å². The van der Waals surface area contributed by atoms with Crippen molar-refractivity contribution < 1.29 is 4.42 Å². The van der Waals surface area contributed by atoms with Gasteiger partial charge >= 0.3 is 0 Å². The Balaban J connectivity index is 2.03. The summed E-state index contributed by atoms with van der Waals surface area (Å²) in [5.41, 5.74) is 0. The third-order valence-corrected chi connectivity index (χ3v) is 2.72. The quantitative estimate of drug-likeness (QED) is 0.858. The van der Waals surface area contributed by atoms with Crippen molar-refractivity contribution in [2.24, 2.45) is 7.05 Å². The van der Waals surface area contributed by atoms with Gasteiger partial charge in [-0.3, -0.25) is 5.32 Å². The van der Waals surface area contributed by atoms with E-state index in [2.05, 4.69) is 24.1 Å². The largest absolute Gasteiger partial charge is 0.468 e. The summed E-state index contributed by atoms with van der Waals surface area (Å²) in [5.74, 6) is 1.97. The molecule has 0 radical (unpaired) electrons. The van der Waals surface area contributed by atoms with Gasteiger partial charge in [0.15, 0.2) is 0 Å².